The highest BCUT2D eigenvalue weighted by Gasteiger charge is 2.07. The van der Waals surface area contributed by atoms with Gasteiger partial charge in [0.25, 0.3) is 0 Å². The van der Waals surface area contributed by atoms with E-state index in [0.717, 1.165) is 11.1 Å². The molecule has 1 aromatic heterocycles. The third-order valence-electron chi connectivity index (χ3n) is 4.55. The number of rotatable bonds is 8. The number of methoxy groups -OCH3 is 2. The quantitative estimate of drug-likeness (QED) is 0.572. The number of hydrogen-bond acceptors (Lipinski definition) is 8. The molecule has 3 rings (SSSR count). The molecule has 2 N–H and O–H groups in total. The summed E-state index contributed by atoms with van der Waals surface area (Å²) >= 11 is 0. The van der Waals surface area contributed by atoms with E-state index in [-0.39, 0.29) is 0 Å². The Morgan fingerprint density at radius 3 is 1.61 bits per heavy atom. The van der Waals surface area contributed by atoms with E-state index in [1.165, 1.54) is 0 Å². The van der Waals surface area contributed by atoms with Crippen LogP contribution in [0.15, 0.2) is 42.5 Å². The lowest BCUT2D eigenvalue weighted by Gasteiger charge is -2.12. The van der Waals surface area contributed by atoms with Crippen molar-refractivity contribution in [2.45, 2.75) is 20.0 Å². The number of nitriles is 2. The molecule has 0 amide bonds. The van der Waals surface area contributed by atoms with Crippen molar-refractivity contribution >= 4 is 11.6 Å². The van der Waals surface area contributed by atoms with E-state index in [1.54, 1.807) is 38.5 Å². The molecule has 2 aromatic carbocycles. The third-order valence-corrected chi connectivity index (χ3v) is 4.55. The molecule has 1 heterocycles. The molecule has 0 saturated carbocycles. The Morgan fingerprint density at radius 1 is 0.774 bits per heavy atom. The molecule has 0 spiro atoms. The van der Waals surface area contributed by atoms with Gasteiger partial charge in [-0.05, 0) is 42.3 Å². The second-order valence-electron chi connectivity index (χ2n) is 6.69. The Balaban J connectivity index is 1.68. The molecule has 0 fully saturated rings. The van der Waals surface area contributed by atoms with E-state index in [2.05, 4.69) is 32.7 Å². The van der Waals surface area contributed by atoms with Gasteiger partial charge in [-0.1, -0.05) is 12.1 Å². The summed E-state index contributed by atoms with van der Waals surface area (Å²) in [4.78, 5) is 8.84. The van der Waals surface area contributed by atoms with Gasteiger partial charge in [0, 0.05) is 19.2 Å². The van der Waals surface area contributed by atoms with Crippen LogP contribution in [-0.2, 0) is 13.1 Å². The first-order valence-corrected chi connectivity index (χ1v) is 9.53. The van der Waals surface area contributed by atoms with Gasteiger partial charge < -0.3 is 20.1 Å². The number of ether oxygens (including phenoxy) is 2. The van der Waals surface area contributed by atoms with Gasteiger partial charge in [0.05, 0.1) is 25.3 Å². The standard InChI is InChI=1S/C23H22N6O2/c1-15-28-22(26-13-16-4-6-20(30-2)18(8-16)11-24)10-23(29-15)27-14-17-5-7-21(31-3)19(9-17)12-25/h4-10H,13-14H2,1-3H3,(H2,26,27,28,29). The van der Waals surface area contributed by atoms with E-state index in [4.69, 9.17) is 9.47 Å². The van der Waals surface area contributed by atoms with Crippen LogP contribution in [0.2, 0.25) is 0 Å². The monoisotopic (exact) mass is 414 g/mol. The SMILES string of the molecule is COc1ccc(CNc2cc(NCc3ccc(OC)c(C#N)c3)nc(C)n2)cc1C#N. The highest BCUT2D eigenvalue weighted by molar-refractivity contribution is 5.51. The van der Waals surface area contributed by atoms with E-state index in [0.29, 0.717) is 53.2 Å². The Morgan fingerprint density at radius 2 is 1.23 bits per heavy atom. The minimum absolute atomic E-state index is 0.485. The van der Waals surface area contributed by atoms with Crippen molar-refractivity contribution < 1.29 is 9.47 Å². The molecule has 0 aliphatic heterocycles. The maximum Gasteiger partial charge on any atom is 0.136 e. The minimum atomic E-state index is 0.485. The van der Waals surface area contributed by atoms with Crippen molar-refractivity contribution in [3.63, 3.8) is 0 Å². The second kappa shape index (κ2) is 9.95. The molecule has 0 atom stereocenters. The molecule has 8 heteroatoms. The number of benzene rings is 2. The fraction of sp³-hybridized carbons (Fsp3) is 0.217. The highest BCUT2D eigenvalue weighted by atomic mass is 16.5. The molecular weight excluding hydrogens is 392 g/mol. The lowest BCUT2D eigenvalue weighted by molar-refractivity contribution is 0.413. The van der Waals surface area contributed by atoms with Crippen LogP contribution in [0.5, 0.6) is 11.5 Å². The van der Waals surface area contributed by atoms with Crippen molar-refractivity contribution in [3.8, 4) is 23.6 Å². The maximum absolute atomic E-state index is 9.24. The summed E-state index contributed by atoms with van der Waals surface area (Å²) in [6.45, 7) is 2.82. The summed E-state index contributed by atoms with van der Waals surface area (Å²) in [5.74, 6) is 3.04. The fourth-order valence-corrected chi connectivity index (χ4v) is 3.04. The van der Waals surface area contributed by atoms with Crippen molar-refractivity contribution in [3.05, 3.63) is 70.5 Å². The average molecular weight is 414 g/mol. The first-order valence-electron chi connectivity index (χ1n) is 9.53. The zero-order chi connectivity index (χ0) is 22.2. The number of hydrogen-bond donors (Lipinski definition) is 2. The zero-order valence-corrected chi connectivity index (χ0v) is 17.6. The van der Waals surface area contributed by atoms with Crippen molar-refractivity contribution in [1.82, 2.24) is 9.97 Å². The molecule has 0 aliphatic carbocycles. The Labute approximate surface area is 181 Å². The van der Waals surface area contributed by atoms with Gasteiger partial charge in [-0.3, -0.25) is 0 Å². The van der Waals surface area contributed by atoms with Gasteiger partial charge in [-0.2, -0.15) is 10.5 Å². The summed E-state index contributed by atoms with van der Waals surface area (Å²) in [5, 5.41) is 25.0. The van der Waals surface area contributed by atoms with Crippen LogP contribution in [-0.4, -0.2) is 24.2 Å². The first kappa shape index (κ1) is 21.4. The van der Waals surface area contributed by atoms with Crippen molar-refractivity contribution in [1.29, 1.82) is 10.5 Å². The van der Waals surface area contributed by atoms with Crippen LogP contribution < -0.4 is 20.1 Å². The van der Waals surface area contributed by atoms with E-state index in [9.17, 15) is 10.5 Å². The number of nitrogens with one attached hydrogen (secondary N) is 2. The topological polar surface area (TPSA) is 116 Å². The van der Waals surface area contributed by atoms with Crippen molar-refractivity contribution in [2.24, 2.45) is 0 Å². The van der Waals surface area contributed by atoms with Gasteiger partial charge in [0.15, 0.2) is 0 Å². The normalized spacial score (nSPS) is 9.97. The summed E-state index contributed by atoms with van der Waals surface area (Å²) in [6, 6.07) is 17.0. The lowest BCUT2D eigenvalue weighted by Crippen LogP contribution is -2.07. The average Bonchev–Trinajstić information content (AvgIpc) is 2.80. The van der Waals surface area contributed by atoms with Gasteiger partial charge in [0.2, 0.25) is 0 Å². The van der Waals surface area contributed by atoms with Crippen LogP contribution in [0, 0.1) is 29.6 Å². The predicted octanol–water partition coefficient (Wildman–Crippen LogP) is 3.77. The van der Waals surface area contributed by atoms with Crippen molar-refractivity contribution in [2.75, 3.05) is 24.9 Å². The number of aryl methyl sites for hydroxylation is 1. The predicted molar refractivity (Wildman–Crippen MR) is 117 cm³/mol. The molecular formula is C23H22N6O2. The molecule has 0 bridgehead atoms. The first-order chi connectivity index (χ1) is 15.1. The van der Waals surface area contributed by atoms with E-state index < -0.39 is 0 Å². The van der Waals surface area contributed by atoms with Gasteiger partial charge >= 0.3 is 0 Å². The van der Waals surface area contributed by atoms with Crippen LogP contribution in [0.1, 0.15) is 28.1 Å². The smallest absolute Gasteiger partial charge is 0.136 e. The van der Waals surface area contributed by atoms with Crippen LogP contribution >= 0.6 is 0 Å². The van der Waals surface area contributed by atoms with E-state index in [1.807, 2.05) is 25.1 Å². The lowest BCUT2D eigenvalue weighted by atomic mass is 10.1. The molecule has 3 aromatic rings. The third kappa shape index (κ3) is 5.40. The Bertz CT molecular complexity index is 1080. The molecule has 0 radical (unpaired) electrons. The fourth-order valence-electron chi connectivity index (χ4n) is 3.04. The van der Waals surface area contributed by atoms with Crippen LogP contribution in [0.25, 0.3) is 0 Å². The Hall–Kier alpha value is -4.30. The zero-order valence-electron chi connectivity index (χ0n) is 17.6. The summed E-state index contributed by atoms with van der Waals surface area (Å²) in [7, 11) is 3.08. The molecule has 0 aliphatic rings. The highest BCUT2D eigenvalue weighted by Crippen LogP contribution is 2.21. The maximum atomic E-state index is 9.24. The molecule has 156 valence electrons. The summed E-state index contributed by atoms with van der Waals surface area (Å²) < 4.78 is 10.4. The van der Waals surface area contributed by atoms with Crippen LogP contribution in [0.3, 0.4) is 0 Å². The van der Waals surface area contributed by atoms with Gasteiger partial charge in [-0.15, -0.1) is 0 Å². The molecule has 31 heavy (non-hydrogen) atoms. The number of nitrogens with zero attached hydrogens (tertiary/aromatic N) is 4. The second-order valence-corrected chi connectivity index (χ2v) is 6.69. The van der Waals surface area contributed by atoms with Crippen LogP contribution in [0.4, 0.5) is 11.6 Å². The number of aromatic nitrogens is 2. The van der Waals surface area contributed by atoms with Gasteiger partial charge in [0.1, 0.15) is 41.1 Å². The minimum Gasteiger partial charge on any atom is -0.495 e. The van der Waals surface area contributed by atoms with Gasteiger partial charge in [-0.25, -0.2) is 9.97 Å². The molecule has 0 unspecified atom stereocenters. The molecule has 0 saturated heterocycles. The number of anilines is 2. The molecule has 8 nitrogen and oxygen atoms in total. The largest absolute Gasteiger partial charge is 0.495 e. The summed E-state index contributed by atoms with van der Waals surface area (Å²) in [5.41, 5.74) is 2.84. The Kier molecular flexibility index (Phi) is 6.87. The summed E-state index contributed by atoms with van der Waals surface area (Å²) in [6.07, 6.45) is 0. The van der Waals surface area contributed by atoms with E-state index >= 15 is 0 Å².